The fourth-order valence-corrected chi connectivity index (χ4v) is 3.37. The van der Waals surface area contributed by atoms with E-state index in [4.69, 9.17) is 4.42 Å². The van der Waals surface area contributed by atoms with Crippen molar-refractivity contribution < 1.29 is 4.42 Å². The van der Waals surface area contributed by atoms with Crippen molar-refractivity contribution in [1.82, 2.24) is 10.2 Å². The highest BCUT2D eigenvalue weighted by atomic mass is 16.3. The van der Waals surface area contributed by atoms with E-state index in [0.29, 0.717) is 12.1 Å². The van der Waals surface area contributed by atoms with Gasteiger partial charge in [-0.3, -0.25) is 4.90 Å². The van der Waals surface area contributed by atoms with Crippen LogP contribution < -0.4 is 5.32 Å². The van der Waals surface area contributed by atoms with Crippen molar-refractivity contribution in [3.05, 3.63) is 23.2 Å². The van der Waals surface area contributed by atoms with E-state index in [1.807, 2.05) is 6.92 Å². The van der Waals surface area contributed by atoms with Gasteiger partial charge < -0.3 is 9.73 Å². The molecule has 1 heterocycles. The molecule has 19 heavy (non-hydrogen) atoms. The molecule has 0 aliphatic heterocycles. The average Bonchev–Trinajstić information content (AvgIpc) is 2.76. The fourth-order valence-electron chi connectivity index (χ4n) is 3.37. The Balaban J connectivity index is 1.99. The van der Waals surface area contributed by atoms with Gasteiger partial charge in [-0.15, -0.1) is 0 Å². The van der Waals surface area contributed by atoms with Crippen molar-refractivity contribution in [3.8, 4) is 0 Å². The van der Waals surface area contributed by atoms with E-state index >= 15 is 0 Å². The Morgan fingerprint density at radius 3 is 2.37 bits per heavy atom. The molecule has 0 amide bonds. The van der Waals surface area contributed by atoms with E-state index in [1.165, 1.54) is 31.2 Å². The monoisotopic (exact) mass is 264 g/mol. The van der Waals surface area contributed by atoms with Gasteiger partial charge in [0.2, 0.25) is 0 Å². The molecule has 3 heteroatoms. The zero-order chi connectivity index (χ0) is 14.0. The number of hydrogen-bond acceptors (Lipinski definition) is 3. The third kappa shape index (κ3) is 3.21. The SMILES string of the molecule is CNC1CCC(N(C)C(C)c2cc(C)oc2C)CC1. The fraction of sp³-hybridized carbons (Fsp3) is 0.750. The molecule has 1 fully saturated rings. The van der Waals surface area contributed by atoms with Gasteiger partial charge in [-0.05, 0) is 66.6 Å². The van der Waals surface area contributed by atoms with Gasteiger partial charge in [0.1, 0.15) is 11.5 Å². The van der Waals surface area contributed by atoms with Crippen LogP contribution in [0.5, 0.6) is 0 Å². The van der Waals surface area contributed by atoms with Crippen LogP contribution >= 0.6 is 0 Å². The first-order valence-electron chi connectivity index (χ1n) is 7.49. The minimum Gasteiger partial charge on any atom is -0.466 e. The third-order valence-corrected chi connectivity index (χ3v) is 4.82. The van der Waals surface area contributed by atoms with Crippen molar-refractivity contribution in [2.45, 2.75) is 64.6 Å². The molecule has 1 unspecified atom stereocenters. The van der Waals surface area contributed by atoms with Crippen molar-refractivity contribution in [2.75, 3.05) is 14.1 Å². The van der Waals surface area contributed by atoms with Crippen LogP contribution in [0.25, 0.3) is 0 Å². The van der Waals surface area contributed by atoms with Crippen LogP contribution in [0, 0.1) is 13.8 Å². The largest absolute Gasteiger partial charge is 0.466 e. The van der Waals surface area contributed by atoms with Crippen molar-refractivity contribution in [1.29, 1.82) is 0 Å². The van der Waals surface area contributed by atoms with Crippen LogP contribution in [0.15, 0.2) is 10.5 Å². The molecule has 1 saturated carbocycles. The van der Waals surface area contributed by atoms with E-state index in [0.717, 1.165) is 17.6 Å². The van der Waals surface area contributed by atoms with E-state index < -0.39 is 0 Å². The summed E-state index contributed by atoms with van der Waals surface area (Å²) in [6.07, 6.45) is 5.17. The summed E-state index contributed by atoms with van der Waals surface area (Å²) in [5.74, 6) is 2.09. The molecule has 108 valence electrons. The van der Waals surface area contributed by atoms with E-state index in [1.54, 1.807) is 0 Å². The lowest BCUT2D eigenvalue weighted by atomic mass is 9.89. The Bertz CT molecular complexity index is 405. The topological polar surface area (TPSA) is 28.4 Å². The Morgan fingerprint density at radius 1 is 1.26 bits per heavy atom. The van der Waals surface area contributed by atoms with Gasteiger partial charge in [-0.2, -0.15) is 0 Å². The molecule has 0 bridgehead atoms. The molecule has 1 aromatic rings. The second kappa shape index (κ2) is 6.10. The molecular weight excluding hydrogens is 236 g/mol. The van der Waals surface area contributed by atoms with Gasteiger partial charge >= 0.3 is 0 Å². The maximum atomic E-state index is 5.67. The van der Waals surface area contributed by atoms with Crippen LogP contribution in [0.4, 0.5) is 0 Å². The molecule has 0 spiro atoms. The van der Waals surface area contributed by atoms with Crippen LogP contribution in [0.2, 0.25) is 0 Å². The lowest BCUT2D eigenvalue weighted by Gasteiger charge is -2.37. The second-order valence-corrected chi connectivity index (χ2v) is 6.00. The van der Waals surface area contributed by atoms with Crippen LogP contribution in [0.3, 0.4) is 0 Å². The summed E-state index contributed by atoms with van der Waals surface area (Å²) in [6.45, 7) is 6.40. The summed E-state index contributed by atoms with van der Waals surface area (Å²) in [5, 5.41) is 3.40. The Hall–Kier alpha value is -0.800. The molecule has 1 aromatic heterocycles. The molecule has 3 nitrogen and oxygen atoms in total. The van der Waals surface area contributed by atoms with Gasteiger partial charge in [0.15, 0.2) is 0 Å². The standard InChI is InChI=1S/C16H28N2O/c1-11-10-16(13(3)19-11)12(2)18(5)15-8-6-14(17-4)7-9-15/h10,12,14-15,17H,6-9H2,1-5H3. The quantitative estimate of drug-likeness (QED) is 0.903. The predicted octanol–water partition coefficient (Wildman–Crippen LogP) is 3.42. The molecule has 1 atom stereocenters. The van der Waals surface area contributed by atoms with Gasteiger partial charge in [0.25, 0.3) is 0 Å². The molecule has 1 N–H and O–H groups in total. The normalized spacial score (nSPS) is 25.8. The first-order chi connectivity index (χ1) is 9.02. The lowest BCUT2D eigenvalue weighted by molar-refractivity contribution is 0.135. The molecule has 1 aliphatic rings. The number of nitrogens with one attached hydrogen (secondary N) is 1. The van der Waals surface area contributed by atoms with Crippen LogP contribution in [0.1, 0.15) is 55.7 Å². The number of nitrogens with zero attached hydrogens (tertiary/aromatic N) is 1. The summed E-state index contributed by atoms with van der Waals surface area (Å²) in [6, 6.07) is 4.05. The molecule has 0 saturated heterocycles. The minimum absolute atomic E-state index is 0.439. The number of rotatable bonds is 4. The van der Waals surface area contributed by atoms with Gasteiger partial charge in [-0.25, -0.2) is 0 Å². The maximum Gasteiger partial charge on any atom is 0.105 e. The summed E-state index contributed by atoms with van der Waals surface area (Å²) in [4.78, 5) is 2.53. The summed E-state index contributed by atoms with van der Waals surface area (Å²) in [5.41, 5.74) is 1.34. The Labute approximate surface area is 117 Å². The summed E-state index contributed by atoms with van der Waals surface area (Å²) in [7, 11) is 4.34. The predicted molar refractivity (Wildman–Crippen MR) is 79.5 cm³/mol. The highest BCUT2D eigenvalue weighted by Crippen LogP contribution is 2.31. The minimum atomic E-state index is 0.439. The smallest absolute Gasteiger partial charge is 0.105 e. The van der Waals surface area contributed by atoms with Gasteiger partial charge in [0.05, 0.1) is 0 Å². The first-order valence-corrected chi connectivity index (χ1v) is 7.49. The highest BCUT2D eigenvalue weighted by molar-refractivity contribution is 5.23. The molecule has 0 aromatic carbocycles. The third-order valence-electron chi connectivity index (χ3n) is 4.82. The zero-order valence-electron chi connectivity index (χ0n) is 13.0. The molecular formula is C16H28N2O. The van der Waals surface area contributed by atoms with E-state index in [-0.39, 0.29) is 0 Å². The Kier molecular flexibility index (Phi) is 4.69. The number of hydrogen-bond donors (Lipinski definition) is 1. The molecule has 2 rings (SSSR count). The van der Waals surface area contributed by atoms with Gasteiger partial charge in [-0.1, -0.05) is 0 Å². The number of furan rings is 1. The first kappa shape index (κ1) is 14.6. The average molecular weight is 264 g/mol. The Morgan fingerprint density at radius 2 is 1.89 bits per heavy atom. The highest BCUT2D eigenvalue weighted by Gasteiger charge is 2.27. The van der Waals surface area contributed by atoms with Gasteiger partial charge in [0, 0.05) is 23.7 Å². The maximum absolute atomic E-state index is 5.67. The second-order valence-electron chi connectivity index (χ2n) is 6.00. The molecule has 0 radical (unpaired) electrons. The number of aryl methyl sites for hydroxylation is 2. The van der Waals surface area contributed by atoms with Crippen LogP contribution in [-0.4, -0.2) is 31.1 Å². The van der Waals surface area contributed by atoms with E-state index in [9.17, 15) is 0 Å². The summed E-state index contributed by atoms with van der Waals surface area (Å²) < 4.78 is 5.67. The van der Waals surface area contributed by atoms with Crippen molar-refractivity contribution in [2.24, 2.45) is 0 Å². The molecule has 1 aliphatic carbocycles. The van der Waals surface area contributed by atoms with E-state index in [2.05, 4.69) is 44.2 Å². The lowest BCUT2D eigenvalue weighted by Crippen LogP contribution is -2.40. The van der Waals surface area contributed by atoms with Crippen molar-refractivity contribution in [3.63, 3.8) is 0 Å². The van der Waals surface area contributed by atoms with Crippen molar-refractivity contribution >= 4 is 0 Å². The zero-order valence-corrected chi connectivity index (χ0v) is 13.0. The van der Waals surface area contributed by atoms with Crippen LogP contribution in [-0.2, 0) is 0 Å². The summed E-state index contributed by atoms with van der Waals surface area (Å²) >= 11 is 0.